The largest absolute Gasteiger partial charge is 0.399 e. The average Bonchev–Trinajstić information content (AvgIpc) is 2.02. The predicted octanol–water partition coefficient (Wildman–Crippen LogP) is 0.873. The summed E-state index contributed by atoms with van der Waals surface area (Å²) in [4.78, 5) is 0. The molecule has 1 aromatic carbocycles. The van der Waals surface area contributed by atoms with Crippen LogP contribution in [-0.4, -0.2) is 17.8 Å². The zero-order chi connectivity index (χ0) is 11.1. The van der Waals surface area contributed by atoms with Gasteiger partial charge in [0.2, 0.25) is 0 Å². The molecule has 0 amide bonds. The van der Waals surface area contributed by atoms with E-state index in [1.807, 2.05) is 0 Å². The van der Waals surface area contributed by atoms with Crippen LogP contribution in [0.2, 0.25) is 0 Å². The van der Waals surface area contributed by atoms with Crippen LogP contribution in [0.4, 0.5) is 14.5 Å². The lowest BCUT2D eigenvalue weighted by atomic mass is 10.3. The lowest BCUT2D eigenvalue weighted by Gasteiger charge is -1.91. The number of hydrogen-bond donors (Lipinski definition) is 3. The number of aliphatic hydroxyl groups is 1. The smallest absolute Gasteiger partial charge is 0.128 e. The molecular formula is C9H14F2N2O. The highest BCUT2D eigenvalue weighted by molar-refractivity contribution is 5.37. The summed E-state index contributed by atoms with van der Waals surface area (Å²) in [5.41, 5.74) is 10.1. The van der Waals surface area contributed by atoms with Crippen LogP contribution in [0.5, 0.6) is 0 Å². The van der Waals surface area contributed by atoms with Gasteiger partial charge in [0.25, 0.3) is 0 Å². The van der Waals surface area contributed by atoms with E-state index < -0.39 is 11.6 Å². The summed E-state index contributed by atoms with van der Waals surface area (Å²) in [7, 11) is 0. The molecule has 1 aromatic rings. The van der Waals surface area contributed by atoms with Crippen molar-refractivity contribution in [1.29, 1.82) is 0 Å². The molecule has 0 aromatic heterocycles. The summed E-state index contributed by atoms with van der Waals surface area (Å²) in [5.74, 6) is -1.29. The Morgan fingerprint density at radius 1 is 1.29 bits per heavy atom. The molecule has 0 bridgehead atoms. The number of halogens is 2. The van der Waals surface area contributed by atoms with E-state index in [0.29, 0.717) is 6.54 Å². The number of nitrogens with two attached hydrogens (primary N) is 2. The third kappa shape index (κ3) is 6.33. The van der Waals surface area contributed by atoms with E-state index in [0.717, 1.165) is 18.2 Å². The van der Waals surface area contributed by atoms with Crippen LogP contribution in [0, 0.1) is 11.6 Å². The van der Waals surface area contributed by atoms with Crippen molar-refractivity contribution in [2.75, 3.05) is 12.3 Å². The van der Waals surface area contributed by atoms with Crippen LogP contribution >= 0.6 is 0 Å². The number of nitrogen functional groups attached to an aromatic ring is 1. The standard InChI is InChI=1S/C6H5F2N.C3H9NO/c7-4-1-5(8)3-6(9)2-4;1-3(5)2-4/h1-3H,9H2;3,5H,2,4H2,1H3/t;3-/m.0/s1. The van der Waals surface area contributed by atoms with E-state index in [1.54, 1.807) is 6.92 Å². The zero-order valence-electron chi connectivity index (χ0n) is 7.87. The average molecular weight is 204 g/mol. The van der Waals surface area contributed by atoms with Crippen molar-refractivity contribution >= 4 is 5.69 Å². The molecule has 0 spiro atoms. The Hall–Kier alpha value is -1.20. The summed E-state index contributed by atoms with van der Waals surface area (Å²) in [6, 6.07) is 2.89. The maximum atomic E-state index is 12.1. The minimum absolute atomic E-state index is 0.104. The molecule has 14 heavy (non-hydrogen) atoms. The summed E-state index contributed by atoms with van der Waals surface area (Å²) in [6.07, 6.45) is -0.338. The molecule has 0 aliphatic heterocycles. The van der Waals surface area contributed by atoms with E-state index in [2.05, 4.69) is 0 Å². The van der Waals surface area contributed by atoms with E-state index in [1.165, 1.54) is 0 Å². The Morgan fingerprint density at radius 3 is 1.86 bits per heavy atom. The fourth-order valence-corrected chi connectivity index (χ4v) is 0.575. The second-order valence-corrected chi connectivity index (χ2v) is 2.79. The van der Waals surface area contributed by atoms with Crippen LogP contribution in [0.3, 0.4) is 0 Å². The third-order valence-electron chi connectivity index (χ3n) is 1.23. The van der Waals surface area contributed by atoms with Gasteiger partial charge in [-0.2, -0.15) is 0 Å². The first-order valence-electron chi connectivity index (χ1n) is 4.05. The van der Waals surface area contributed by atoms with Crippen LogP contribution in [0.15, 0.2) is 18.2 Å². The van der Waals surface area contributed by atoms with E-state index in [9.17, 15) is 8.78 Å². The summed E-state index contributed by atoms with van der Waals surface area (Å²) in [5, 5.41) is 8.24. The molecule has 0 aliphatic rings. The van der Waals surface area contributed by atoms with Crippen molar-refractivity contribution in [3.63, 3.8) is 0 Å². The quantitative estimate of drug-likeness (QED) is 0.594. The summed E-state index contributed by atoms with van der Waals surface area (Å²) >= 11 is 0. The molecule has 0 saturated carbocycles. The second kappa shape index (κ2) is 6.28. The highest BCUT2D eigenvalue weighted by Crippen LogP contribution is 2.07. The molecule has 80 valence electrons. The molecular weight excluding hydrogens is 190 g/mol. The van der Waals surface area contributed by atoms with Crippen LogP contribution < -0.4 is 11.5 Å². The molecule has 5 heteroatoms. The normalized spacial score (nSPS) is 11.5. The van der Waals surface area contributed by atoms with Crippen molar-refractivity contribution in [2.45, 2.75) is 13.0 Å². The van der Waals surface area contributed by atoms with Gasteiger partial charge in [-0.3, -0.25) is 0 Å². The number of benzene rings is 1. The molecule has 1 atom stereocenters. The van der Waals surface area contributed by atoms with Gasteiger partial charge in [0, 0.05) is 18.3 Å². The lowest BCUT2D eigenvalue weighted by molar-refractivity contribution is 0.203. The van der Waals surface area contributed by atoms with Crippen molar-refractivity contribution in [3.05, 3.63) is 29.8 Å². The first-order valence-corrected chi connectivity index (χ1v) is 4.05. The molecule has 0 aliphatic carbocycles. The van der Waals surface area contributed by atoms with Crippen molar-refractivity contribution < 1.29 is 13.9 Å². The van der Waals surface area contributed by atoms with Crippen molar-refractivity contribution in [3.8, 4) is 0 Å². The number of anilines is 1. The Bertz CT molecular complexity index is 229. The zero-order valence-corrected chi connectivity index (χ0v) is 7.87. The lowest BCUT2D eigenvalue weighted by Crippen LogP contribution is -2.14. The first-order chi connectivity index (χ1) is 6.45. The highest BCUT2D eigenvalue weighted by Gasteiger charge is 1.94. The van der Waals surface area contributed by atoms with Gasteiger partial charge in [0.05, 0.1) is 6.10 Å². The van der Waals surface area contributed by atoms with Crippen LogP contribution in [0.1, 0.15) is 6.92 Å². The molecule has 1 rings (SSSR count). The third-order valence-corrected chi connectivity index (χ3v) is 1.23. The molecule has 5 N–H and O–H groups in total. The Morgan fingerprint density at radius 2 is 1.64 bits per heavy atom. The van der Waals surface area contributed by atoms with Crippen LogP contribution in [0.25, 0.3) is 0 Å². The Labute approximate surface area is 81.3 Å². The highest BCUT2D eigenvalue weighted by atomic mass is 19.1. The van der Waals surface area contributed by atoms with Crippen LogP contribution in [-0.2, 0) is 0 Å². The van der Waals surface area contributed by atoms with Gasteiger partial charge in [-0.25, -0.2) is 8.78 Å². The fourth-order valence-electron chi connectivity index (χ4n) is 0.575. The van der Waals surface area contributed by atoms with Gasteiger partial charge in [-0.05, 0) is 19.1 Å². The van der Waals surface area contributed by atoms with Gasteiger partial charge in [0.1, 0.15) is 11.6 Å². The van der Waals surface area contributed by atoms with Gasteiger partial charge in [0.15, 0.2) is 0 Å². The van der Waals surface area contributed by atoms with Crippen molar-refractivity contribution in [1.82, 2.24) is 0 Å². The SMILES string of the molecule is C[C@H](O)CN.Nc1cc(F)cc(F)c1. The maximum absolute atomic E-state index is 12.1. The molecule has 0 radical (unpaired) electrons. The monoisotopic (exact) mass is 204 g/mol. The van der Waals surface area contributed by atoms with E-state index >= 15 is 0 Å². The number of aliphatic hydroxyl groups excluding tert-OH is 1. The molecule has 0 saturated heterocycles. The molecule has 0 heterocycles. The van der Waals surface area contributed by atoms with Gasteiger partial charge < -0.3 is 16.6 Å². The Kier molecular flexibility index (Phi) is 5.74. The van der Waals surface area contributed by atoms with Gasteiger partial charge in [-0.15, -0.1) is 0 Å². The topological polar surface area (TPSA) is 72.3 Å². The Balaban J connectivity index is 0.000000292. The maximum Gasteiger partial charge on any atom is 0.128 e. The fraction of sp³-hybridized carbons (Fsp3) is 0.333. The van der Waals surface area contributed by atoms with E-state index in [4.69, 9.17) is 16.6 Å². The molecule has 3 nitrogen and oxygen atoms in total. The van der Waals surface area contributed by atoms with Crippen molar-refractivity contribution in [2.24, 2.45) is 5.73 Å². The number of rotatable bonds is 1. The predicted molar refractivity (Wildman–Crippen MR) is 51.5 cm³/mol. The minimum atomic E-state index is -0.646. The number of hydrogen-bond acceptors (Lipinski definition) is 3. The molecule has 0 unspecified atom stereocenters. The second-order valence-electron chi connectivity index (χ2n) is 2.79. The van der Waals surface area contributed by atoms with Gasteiger partial charge >= 0.3 is 0 Å². The first kappa shape index (κ1) is 12.8. The van der Waals surface area contributed by atoms with Gasteiger partial charge in [-0.1, -0.05) is 0 Å². The summed E-state index contributed by atoms with van der Waals surface area (Å²) in [6.45, 7) is 2.01. The molecule has 0 fully saturated rings. The summed E-state index contributed by atoms with van der Waals surface area (Å²) < 4.78 is 24.2. The minimum Gasteiger partial charge on any atom is -0.399 e. The van der Waals surface area contributed by atoms with E-state index in [-0.39, 0.29) is 11.8 Å².